The first-order chi connectivity index (χ1) is 10.2. The first-order valence-corrected chi connectivity index (χ1v) is 8.92. The van der Waals surface area contributed by atoms with Crippen LogP contribution in [0.5, 0.6) is 0 Å². The fourth-order valence-corrected chi connectivity index (χ4v) is 4.80. The van der Waals surface area contributed by atoms with E-state index in [9.17, 15) is 0 Å². The number of hydrogen-bond acceptors (Lipinski definition) is 0. The van der Waals surface area contributed by atoms with E-state index in [0.717, 1.165) is 17.8 Å². The molecule has 0 bridgehead atoms. The molecule has 2 saturated carbocycles. The average Bonchev–Trinajstić information content (AvgIpc) is 2.78. The van der Waals surface area contributed by atoms with Crippen molar-refractivity contribution in [3.05, 3.63) is 24.3 Å². The molecule has 0 amide bonds. The van der Waals surface area contributed by atoms with Crippen LogP contribution in [0.2, 0.25) is 0 Å². The van der Waals surface area contributed by atoms with Crippen LogP contribution in [0, 0.1) is 41.4 Å². The maximum absolute atomic E-state index is 4.37. The maximum Gasteiger partial charge on any atom is -0.0149 e. The normalized spacial score (nSPS) is 33.1. The van der Waals surface area contributed by atoms with Crippen molar-refractivity contribution in [2.24, 2.45) is 28.6 Å². The van der Waals surface area contributed by atoms with Crippen LogP contribution in [0.15, 0.2) is 24.3 Å². The van der Waals surface area contributed by atoms with Gasteiger partial charge in [-0.2, -0.15) is 0 Å². The summed E-state index contributed by atoms with van der Waals surface area (Å²) in [5.41, 5.74) is 2.49. The summed E-state index contributed by atoms with van der Waals surface area (Å²) in [6, 6.07) is 0. The Labute approximate surface area is 139 Å². The lowest BCUT2D eigenvalue weighted by molar-refractivity contribution is 0.112. The fourth-order valence-electron chi connectivity index (χ4n) is 4.80. The monoisotopic (exact) mass is 300 g/mol. The highest BCUT2D eigenvalue weighted by molar-refractivity contribution is 5.16. The SMILES string of the molecule is C#C.C=C1CCCC2(C)C1CCC2[C@H](C)/C=C/CC(C)(C)C. The van der Waals surface area contributed by atoms with Crippen LogP contribution in [0.25, 0.3) is 0 Å². The molecule has 0 heterocycles. The van der Waals surface area contributed by atoms with Crippen molar-refractivity contribution in [3.8, 4) is 12.8 Å². The Morgan fingerprint density at radius 3 is 2.55 bits per heavy atom. The van der Waals surface area contributed by atoms with Gasteiger partial charge in [0.25, 0.3) is 0 Å². The molecule has 0 heteroatoms. The molecule has 124 valence electrons. The highest BCUT2D eigenvalue weighted by Gasteiger charge is 2.49. The smallest absolute Gasteiger partial charge is 0.0149 e. The Bertz CT molecular complexity index is 417. The third-order valence-corrected chi connectivity index (χ3v) is 5.92. The topological polar surface area (TPSA) is 0 Å². The van der Waals surface area contributed by atoms with Crippen LogP contribution in [0.1, 0.15) is 73.1 Å². The number of fused-ring (bicyclic) bond motifs is 1. The molecule has 22 heavy (non-hydrogen) atoms. The molecular weight excluding hydrogens is 264 g/mol. The number of allylic oxidation sites excluding steroid dienone is 3. The summed E-state index contributed by atoms with van der Waals surface area (Å²) in [6.07, 6.45) is 21.0. The second kappa shape index (κ2) is 7.54. The molecule has 0 spiro atoms. The molecule has 2 rings (SSSR count). The van der Waals surface area contributed by atoms with Crippen molar-refractivity contribution >= 4 is 0 Å². The molecule has 2 aliphatic rings. The van der Waals surface area contributed by atoms with Gasteiger partial charge in [-0.05, 0) is 67.1 Å². The summed E-state index contributed by atoms with van der Waals surface area (Å²) >= 11 is 0. The molecule has 0 nitrogen and oxygen atoms in total. The molecule has 2 aliphatic carbocycles. The molecule has 0 radical (unpaired) electrons. The van der Waals surface area contributed by atoms with E-state index >= 15 is 0 Å². The lowest BCUT2D eigenvalue weighted by Gasteiger charge is -2.43. The van der Waals surface area contributed by atoms with E-state index in [1.807, 2.05) is 0 Å². The summed E-state index contributed by atoms with van der Waals surface area (Å²) in [5.74, 6) is 2.39. The summed E-state index contributed by atoms with van der Waals surface area (Å²) in [4.78, 5) is 0. The minimum absolute atomic E-state index is 0.414. The molecule has 3 unspecified atom stereocenters. The van der Waals surface area contributed by atoms with Gasteiger partial charge in [-0.1, -0.05) is 58.9 Å². The van der Waals surface area contributed by atoms with Crippen LogP contribution < -0.4 is 0 Å². The lowest BCUT2D eigenvalue weighted by Crippen LogP contribution is -2.35. The molecule has 0 aliphatic heterocycles. The van der Waals surface area contributed by atoms with Gasteiger partial charge in [-0.15, -0.1) is 12.8 Å². The highest BCUT2D eigenvalue weighted by atomic mass is 14.5. The van der Waals surface area contributed by atoms with Crippen molar-refractivity contribution in [1.29, 1.82) is 0 Å². The van der Waals surface area contributed by atoms with E-state index < -0.39 is 0 Å². The summed E-state index contributed by atoms with van der Waals surface area (Å²) in [5, 5.41) is 0. The first-order valence-electron chi connectivity index (χ1n) is 8.92. The van der Waals surface area contributed by atoms with Gasteiger partial charge in [-0.3, -0.25) is 0 Å². The zero-order chi connectivity index (χ0) is 17.0. The van der Waals surface area contributed by atoms with Crippen LogP contribution in [-0.2, 0) is 0 Å². The molecule has 4 atom stereocenters. The van der Waals surface area contributed by atoms with Gasteiger partial charge in [0.15, 0.2) is 0 Å². The molecule has 0 aromatic rings. The van der Waals surface area contributed by atoms with Crippen molar-refractivity contribution in [1.82, 2.24) is 0 Å². The second-order valence-corrected chi connectivity index (χ2v) is 8.81. The number of terminal acetylenes is 1. The predicted octanol–water partition coefficient (Wildman–Crippen LogP) is 6.64. The van der Waals surface area contributed by atoms with Crippen molar-refractivity contribution in [2.75, 3.05) is 0 Å². The standard InChI is InChI=1S/C20H34.C2H2/c1-15(9-7-13-19(3,4)5)17-11-12-18-16(2)10-8-14-20(17,18)6;1-2/h7,9,15,17-18H,2,8,10-14H2,1,3-6H3;1-2H/b9-7+;/t15-,17?,18?,20?;/m1./s1. The average molecular weight is 301 g/mol. The molecule has 0 aromatic heterocycles. The zero-order valence-corrected chi connectivity index (χ0v) is 15.5. The van der Waals surface area contributed by atoms with Gasteiger partial charge in [0, 0.05) is 0 Å². The largest absolute Gasteiger partial charge is 0.124 e. The van der Waals surface area contributed by atoms with Crippen LogP contribution in [-0.4, -0.2) is 0 Å². The minimum Gasteiger partial charge on any atom is -0.124 e. The van der Waals surface area contributed by atoms with E-state index in [-0.39, 0.29) is 0 Å². The Hall–Kier alpha value is -0.960. The van der Waals surface area contributed by atoms with Crippen LogP contribution in [0.3, 0.4) is 0 Å². The van der Waals surface area contributed by atoms with Crippen molar-refractivity contribution in [3.63, 3.8) is 0 Å². The summed E-state index contributed by atoms with van der Waals surface area (Å²) in [6.45, 7) is 16.3. The van der Waals surface area contributed by atoms with Crippen molar-refractivity contribution < 1.29 is 0 Å². The Balaban J connectivity index is 0.00000116. The zero-order valence-electron chi connectivity index (χ0n) is 15.5. The molecule has 0 saturated heterocycles. The van der Waals surface area contributed by atoms with E-state index in [1.54, 1.807) is 5.57 Å². The Morgan fingerprint density at radius 1 is 1.32 bits per heavy atom. The van der Waals surface area contributed by atoms with Gasteiger partial charge >= 0.3 is 0 Å². The molecule has 0 aromatic carbocycles. The number of hydrogen-bond donors (Lipinski definition) is 0. The lowest BCUT2D eigenvalue weighted by atomic mass is 9.61. The second-order valence-electron chi connectivity index (χ2n) is 8.81. The molecular formula is C22H36. The molecule has 0 N–H and O–H groups in total. The van der Waals surface area contributed by atoms with E-state index in [0.29, 0.717) is 10.8 Å². The van der Waals surface area contributed by atoms with Gasteiger partial charge in [0.05, 0.1) is 0 Å². The molecule has 2 fully saturated rings. The summed E-state index contributed by atoms with van der Waals surface area (Å²) in [7, 11) is 0. The van der Waals surface area contributed by atoms with Crippen LogP contribution >= 0.6 is 0 Å². The van der Waals surface area contributed by atoms with Gasteiger partial charge in [0.1, 0.15) is 0 Å². The van der Waals surface area contributed by atoms with Gasteiger partial charge in [0.2, 0.25) is 0 Å². The first kappa shape index (κ1) is 19.1. The Morgan fingerprint density at radius 2 is 1.95 bits per heavy atom. The Kier molecular flexibility index (Phi) is 6.54. The highest BCUT2D eigenvalue weighted by Crippen LogP contribution is 2.59. The third-order valence-electron chi connectivity index (χ3n) is 5.92. The fraction of sp³-hybridized carbons (Fsp3) is 0.727. The van der Waals surface area contributed by atoms with Crippen LogP contribution in [0.4, 0.5) is 0 Å². The quantitative estimate of drug-likeness (QED) is 0.405. The van der Waals surface area contributed by atoms with E-state index in [1.165, 1.54) is 38.5 Å². The van der Waals surface area contributed by atoms with E-state index in [4.69, 9.17) is 0 Å². The van der Waals surface area contributed by atoms with E-state index in [2.05, 4.69) is 66.2 Å². The maximum atomic E-state index is 4.37. The summed E-state index contributed by atoms with van der Waals surface area (Å²) < 4.78 is 0. The minimum atomic E-state index is 0.414. The van der Waals surface area contributed by atoms with Gasteiger partial charge in [-0.25, -0.2) is 0 Å². The predicted molar refractivity (Wildman–Crippen MR) is 99.6 cm³/mol. The van der Waals surface area contributed by atoms with Crippen molar-refractivity contribution in [2.45, 2.75) is 73.1 Å². The number of rotatable bonds is 3. The third kappa shape index (κ3) is 4.28. The van der Waals surface area contributed by atoms with Gasteiger partial charge < -0.3 is 0 Å².